The molecule has 2 saturated heterocycles. The fraction of sp³-hybridized carbons (Fsp3) is 0.727. The van der Waals surface area contributed by atoms with Crippen LogP contribution in [0, 0.1) is 0 Å². The lowest BCUT2D eigenvalue weighted by molar-refractivity contribution is -0.120. The number of fused-ring (bicyclic) bond motifs is 2. The number of ketones is 1. The van der Waals surface area contributed by atoms with Crippen LogP contribution in [0.15, 0.2) is 4.52 Å². The van der Waals surface area contributed by atoms with Crippen molar-refractivity contribution in [3.63, 3.8) is 0 Å². The molecule has 1 aromatic rings. The van der Waals surface area contributed by atoms with Crippen LogP contribution in [0.3, 0.4) is 0 Å². The Hall–Kier alpha value is -1.39. The Morgan fingerprint density at radius 2 is 2.06 bits per heavy atom. The number of carbonyl (C=O) groups is 1. The van der Waals surface area contributed by atoms with E-state index in [4.69, 9.17) is 4.52 Å². The number of carbonyl (C=O) groups excluding carboxylic acids is 1. The summed E-state index contributed by atoms with van der Waals surface area (Å²) in [6.45, 7) is 2.00. The van der Waals surface area contributed by atoms with Crippen LogP contribution in [0.4, 0.5) is 6.01 Å². The average molecular weight is 221 g/mol. The zero-order valence-corrected chi connectivity index (χ0v) is 9.35. The van der Waals surface area contributed by atoms with Crippen molar-refractivity contribution in [3.8, 4) is 0 Å². The van der Waals surface area contributed by atoms with Gasteiger partial charge in [0.05, 0.1) is 0 Å². The van der Waals surface area contributed by atoms with Gasteiger partial charge in [-0.3, -0.25) is 4.79 Å². The lowest BCUT2D eigenvalue weighted by atomic mass is 10.0. The van der Waals surface area contributed by atoms with Gasteiger partial charge >= 0.3 is 6.01 Å². The largest absolute Gasteiger partial charge is 0.324 e. The molecule has 0 radical (unpaired) electrons. The number of hydrogen-bond acceptors (Lipinski definition) is 5. The van der Waals surface area contributed by atoms with Gasteiger partial charge in [0.15, 0.2) is 5.82 Å². The predicted molar refractivity (Wildman–Crippen MR) is 57.2 cm³/mol. The first-order valence-electron chi connectivity index (χ1n) is 5.90. The van der Waals surface area contributed by atoms with Crippen LogP contribution in [0.5, 0.6) is 0 Å². The van der Waals surface area contributed by atoms with E-state index in [2.05, 4.69) is 15.0 Å². The van der Waals surface area contributed by atoms with Gasteiger partial charge in [0.25, 0.3) is 0 Å². The van der Waals surface area contributed by atoms with E-state index in [9.17, 15) is 4.79 Å². The maximum Gasteiger partial charge on any atom is 0.324 e. The summed E-state index contributed by atoms with van der Waals surface area (Å²) in [5.41, 5.74) is 0. The summed E-state index contributed by atoms with van der Waals surface area (Å²) in [5.74, 6) is 1.12. The predicted octanol–water partition coefficient (Wildman–Crippen LogP) is 1.33. The Morgan fingerprint density at radius 3 is 2.62 bits per heavy atom. The summed E-state index contributed by atoms with van der Waals surface area (Å²) in [5, 5.41) is 3.91. The molecule has 2 fully saturated rings. The zero-order chi connectivity index (χ0) is 11.1. The van der Waals surface area contributed by atoms with Gasteiger partial charge in [0.2, 0.25) is 0 Å². The second-order valence-corrected chi connectivity index (χ2v) is 4.59. The van der Waals surface area contributed by atoms with E-state index in [0.717, 1.165) is 25.1 Å². The van der Waals surface area contributed by atoms with Crippen LogP contribution in [-0.2, 0) is 11.2 Å². The lowest BCUT2D eigenvalue weighted by Crippen LogP contribution is -2.43. The molecule has 86 valence electrons. The van der Waals surface area contributed by atoms with E-state index < -0.39 is 0 Å². The molecule has 0 amide bonds. The average Bonchev–Trinajstić information content (AvgIpc) is 2.81. The highest BCUT2D eigenvalue weighted by Crippen LogP contribution is 2.36. The molecular formula is C11H15N3O2. The van der Waals surface area contributed by atoms with Crippen LogP contribution in [0.2, 0.25) is 0 Å². The Kier molecular flexibility index (Phi) is 2.19. The fourth-order valence-corrected chi connectivity index (χ4v) is 2.78. The third-order valence-electron chi connectivity index (χ3n) is 3.54. The number of hydrogen-bond donors (Lipinski definition) is 0. The van der Waals surface area contributed by atoms with Crippen LogP contribution >= 0.6 is 0 Å². The van der Waals surface area contributed by atoms with E-state index in [1.165, 1.54) is 0 Å². The summed E-state index contributed by atoms with van der Waals surface area (Å²) >= 11 is 0. The number of piperidine rings is 1. The number of rotatable bonds is 2. The smallest absolute Gasteiger partial charge is 0.318 e. The molecule has 5 heteroatoms. The van der Waals surface area contributed by atoms with Crippen LogP contribution in [-0.4, -0.2) is 28.0 Å². The van der Waals surface area contributed by atoms with Crippen molar-refractivity contribution in [2.24, 2.45) is 0 Å². The first-order valence-corrected chi connectivity index (χ1v) is 5.90. The molecule has 2 bridgehead atoms. The standard InChI is InChI=1S/C11H15N3O2/c1-2-10-12-11(16-13-10)14-7-3-4-8(14)6-9(15)5-7/h7-8H,2-6H2,1H3. The Balaban J connectivity index is 1.87. The minimum absolute atomic E-state index is 0.288. The maximum absolute atomic E-state index is 11.5. The van der Waals surface area contributed by atoms with Gasteiger partial charge in [-0.25, -0.2) is 0 Å². The van der Waals surface area contributed by atoms with Crippen molar-refractivity contribution < 1.29 is 9.32 Å². The molecule has 2 aliphatic heterocycles. The minimum atomic E-state index is 0.288. The van der Waals surface area contributed by atoms with Gasteiger partial charge in [-0.05, 0) is 12.8 Å². The Bertz CT molecular complexity index is 399. The second kappa shape index (κ2) is 3.57. The van der Waals surface area contributed by atoms with Crippen LogP contribution in [0.1, 0.15) is 38.4 Å². The summed E-state index contributed by atoms with van der Waals surface area (Å²) in [4.78, 5) is 18.0. The van der Waals surface area contributed by atoms with Gasteiger partial charge < -0.3 is 9.42 Å². The van der Waals surface area contributed by atoms with E-state index in [1.807, 2.05) is 6.92 Å². The third-order valence-corrected chi connectivity index (χ3v) is 3.54. The van der Waals surface area contributed by atoms with Crippen LogP contribution in [0.25, 0.3) is 0 Å². The molecule has 2 aliphatic rings. The lowest BCUT2D eigenvalue weighted by Gasteiger charge is -2.31. The highest BCUT2D eigenvalue weighted by molar-refractivity contribution is 5.82. The third kappa shape index (κ3) is 1.42. The maximum atomic E-state index is 11.5. The molecule has 0 aliphatic carbocycles. The molecule has 5 nitrogen and oxygen atoms in total. The molecule has 0 spiro atoms. The van der Waals surface area contributed by atoms with Crippen molar-refractivity contribution in [1.82, 2.24) is 10.1 Å². The van der Waals surface area contributed by atoms with Gasteiger partial charge in [-0.15, -0.1) is 0 Å². The summed E-state index contributed by atoms with van der Waals surface area (Å²) in [6, 6.07) is 1.18. The molecule has 3 rings (SSSR count). The number of aromatic nitrogens is 2. The van der Waals surface area contributed by atoms with Crippen LogP contribution < -0.4 is 4.90 Å². The molecule has 2 unspecified atom stereocenters. The van der Waals surface area contributed by atoms with Crippen molar-refractivity contribution in [1.29, 1.82) is 0 Å². The Morgan fingerprint density at radius 1 is 1.38 bits per heavy atom. The molecule has 0 aromatic carbocycles. The normalized spacial score (nSPS) is 28.8. The number of anilines is 1. The second-order valence-electron chi connectivity index (χ2n) is 4.59. The fourth-order valence-electron chi connectivity index (χ4n) is 2.78. The quantitative estimate of drug-likeness (QED) is 0.754. The first-order chi connectivity index (χ1) is 7.78. The minimum Gasteiger partial charge on any atom is -0.318 e. The van der Waals surface area contributed by atoms with Crippen molar-refractivity contribution in [2.75, 3.05) is 4.90 Å². The molecule has 0 saturated carbocycles. The highest BCUT2D eigenvalue weighted by atomic mass is 16.5. The van der Waals surface area contributed by atoms with Crippen molar-refractivity contribution in [3.05, 3.63) is 5.82 Å². The zero-order valence-electron chi connectivity index (χ0n) is 9.35. The topological polar surface area (TPSA) is 59.2 Å². The molecule has 16 heavy (non-hydrogen) atoms. The van der Waals surface area contributed by atoms with E-state index in [-0.39, 0.29) is 12.1 Å². The summed E-state index contributed by atoms with van der Waals surface area (Å²) in [7, 11) is 0. The molecular weight excluding hydrogens is 206 g/mol. The SMILES string of the molecule is CCc1noc(N2C3CCC2CC(=O)C3)n1. The number of aryl methyl sites for hydroxylation is 1. The molecule has 3 heterocycles. The van der Waals surface area contributed by atoms with Crippen molar-refractivity contribution in [2.45, 2.75) is 51.1 Å². The molecule has 1 aromatic heterocycles. The van der Waals surface area contributed by atoms with Crippen molar-refractivity contribution >= 4 is 11.8 Å². The first kappa shape index (κ1) is 9.81. The van der Waals surface area contributed by atoms with E-state index >= 15 is 0 Å². The van der Waals surface area contributed by atoms with Gasteiger partial charge in [-0.2, -0.15) is 4.98 Å². The van der Waals surface area contributed by atoms with Gasteiger partial charge in [-0.1, -0.05) is 12.1 Å². The van der Waals surface area contributed by atoms with E-state index in [0.29, 0.717) is 24.6 Å². The number of Topliss-reactive ketones (excluding diaryl/α,β-unsaturated/α-hetero) is 1. The summed E-state index contributed by atoms with van der Waals surface area (Å²) < 4.78 is 5.26. The molecule has 0 N–H and O–H groups in total. The number of nitrogens with zero attached hydrogens (tertiary/aromatic N) is 3. The highest BCUT2D eigenvalue weighted by Gasteiger charge is 2.42. The van der Waals surface area contributed by atoms with E-state index in [1.54, 1.807) is 0 Å². The van der Waals surface area contributed by atoms with Gasteiger partial charge in [0.1, 0.15) is 5.78 Å². The monoisotopic (exact) mass is 221 g/mol. The molecule has 2 atom stereocenters. The Labute approximate surface area is 93.8 Å². The summed E-state index contributed by atoms with van der Waals surface area (Å²) in [6.07, 6.45) is 4.20. The van der Waals surface area contributed by atoms with Gasteiger partial charge in [0, 0.05) is 31.3 Å².